The molecule has 0 saturated heterocycles. The summed E-state index contributed by atoms with van der Waals surface area (Å²) in [5.74, 6) is -0.116. The van der Waals surface area contributed by atoms with Crippen molar-refractivity contribution in [2.75, 3.05) is 7.11 Å². The van der Waals surface area contributed by atoms with Crippen LogP contribution in [0.25, 0.3) is 0 Å². The third-order valence-corrected chi connectivity index (χ3v) is 2.47. The van der Waals surface area contributed by atoms with Crippen LogP contribution in [0.15, 0.2) is 5.16 Å². The maximum Gasteiger partial charge on any atom is 0.251 e. The fourth-order valence-electron chi connectivity index (χ4n) is 1.04. The van der Waals surface area contributed by atoms with E-state index in [2.05, 4.69) is 10.5 Å². The summed E-state index contributed by atoms with van der Waals surface area (Å²) >= 11 is 0. The van der Waals surface area contributed by atoms with Gasteiger partial charge in [0.15, 0.2) is 0 Å². The number of nitrogens with two attached hydrogens (primary N) is 1. The summed E-state index contributed by atoms with van der Waals surface area (Å²) < 4.78 is 5.05. The van der Waals surface area contributed by atoms with E-state index in [1.807, 2.05) is 6.92 Å². The number of hydrogen-bond acceptors (Lipinski definition) is 4. The molecule has 0 bridgehead atoms. The molecular weight excluding hydrogens is 210 g/mol. The summed E-state index contributed by atoms with van der Waals surface area (Å²) in [6.45, 7) is 5.27. The number of nitrogens with one attached hydrogen (secondary N) is 1. The summed E-state index contributed by atoms with van der Waals surface area (Å²) in [6, 6.07) is -0.155. The number of nitrogens with zero attached hydrogens (tertiary/aromatic N) is 1. The second kappa shape index (κ2) is 6.32. The summed E-state index contributed by atoms with van der Waals surface area (Å²) in [5, 5.41) is 14.1. The number of amidine groups is 1. The fourth-order valence-corrected chi connectivity index (χ4v) is 1.04. The average Bonchev–Trinajstić information content (AvgIpc) is 2.27. The molecule has 6 nitrogen and oxygen atoms in total. The number of ether oxygens (including phenoxy) is 1. The highest BCUT2D eigenvalue weighted by Crippen LogP contribution is 2.09. The van der Waals surface area contributed by atoms with E-state index in [1.54, 1.807) is 13.8 Å². The normalized spacial score (nSPS) is 14.6. The Hall–Kier alpha value is -1.30. The lowest BCUT2D eigenvalue weighted by atomic mass is 10.1. The van der Waals surface area contributed by atoms with Crippen molar-refractivity contribution in [3.8, 4) is 0 Å². The van der Waals surface area contributed by atoms with Crippen LogP contribution in [0.5, 0.6) is 0 Å². The van der Waals surface area contributed by atoms with Crippen LogP contribution in [-0.2, 0) is 9.53 Å². The van der Waals surface area contributed by atoms with Crippen molar-refractivity contribution in [1.29, 1.82) is 0 Å². The summed E-state index contributed by atoms with van der Waals surface area (Å²) in [4.78, 5) is 11.8. The highest BCUT2D eigenvalue weighted by Gasteiger charge is 2.28. The molecule has 0 aliphatic heterocycles. The highest BCUT2D eigenvalue weighted by atomic mass is 16.5. The first kappa shape index (κ1) is 14.7. The molecule has 0 spiro atoms. The van der Waals surface area contributed by atoms with Gasteiger partial charge in [0.2, 0.25) is 0 Å². The third kappa shape index (κ3) is 4.48. The van der Waals surface area contributed by atoms with Crippen LogP contribution in [0.1, 0.15) is 33.6 Å². The molecule has 6 heteroatoms. The van der Waals surface area contributed by atoms with E-state index in [0.717, 1.165) is 0 Å². The number of oxime groups is 1. The minimum atomic E-state index is -0.876. The summed E-state index contributed by atoms with van der Waals surface area (Å²) in [7, 11) is 1.48. The molecule has 0 rings (SSSR count). The van der Waals surface area contributed by atoms with E-state index in [9.17, 15) is 4.79 Å². The van der Waals surface area contributed by atoms with Gasteiger partial charge in [-0.3, -0.25) is 4.79 Å². The Bertz CT molecular complexity index is 264. The van der Waals surface area contributed by atoms with E-state index >= 15 is 0 Å². The molecule has 94 valence electrons. The molecule has 0 saturated carbocycles. The highest BCUT2D eigenvalue weighted by molar-refractivity contribution is 5.86. The Balaban J connectivity index is 4.39. The zero-order valence-electron chi connectivity index (χ0n) is 10.3. The molecular formula is C10H21N3O3. The molecule has 1 atom stereocenters. The van der Waals surface area contributed by atoms with Crippen LogP contribution in [-0.4, -0.2) is 35.7 Å². The van der Waals surface area contributed by atoms with Crippen molar-refractivity contribution in [1.82, 2.24) is 5.32 Å². The van der Waals surface area contributed by atoms with Gasteiger partial charge in [-0.05, 0) is 20.3 Å². The van der Waals surface area contributed by atoms with Crippen molar-refractivity contribution in [3.05, 3.63) is 0 Å². The zero-order chi connectivity index (χ0) is 12.8. The Kier molecular flexibility index (Phi) is 5.81. The smallest absolute Gasteiger partial charge is 0.251 e. The molecule has 4 N–H and O–H groups in total. The molecule has 1 amide bonds. The first-order chi connectivity index (χ1) is 7.37. The van der Waals surface area contributed by atoms with E-state index < -0.39 is 5.60 Å². The maximum absolute atomic E-state index is 11.8. The van der Waals surface area contributed by atoms with Crippen molar-refractivity contribution in [2.24, 2.45) is 10.9 Å². The van der Waals surface area contributed by atoms with Crippen LogP contribution in [0.3, 0.4) is 0 Å². The number of hydrogen-bond donors (Lipinski definition) is 3. The lowest BCUT2D eigenvalue weighted by Gasteiger charge is -2.25. The van der Waals surface area contributed by atoms with Crippen LogP contribution in [0.2, 0.25) is 0 Å². The number of methoxy groups -OCH3 is 1. The van der Waals surface area contributed by atoms with Crippen LogP contribution >= 0.6 is 0 Å². The molecule has 0 aromatic rings. The Morgan fingerprint density at radius 1 is 1.62 bits per heavy atom. The number of carbonyl (C=O) groups is 1. The maximum atomic E-state index is 11.8. The predicted octanol–water partition coefficient (Wildman–Crippen LogP) is 0.443. The van der Waals surface area contributed by atoms with Crippen molar-refractivity contribution in [2.45, 2.75) is 45.3 Å². The first-order valence-electron chi connectivity index (χ1n) is 5.19. The SMILES string of the molecule is CCC(CC(N)=NO)NC(=O)C(C)(C)OC. The molecule has 1 unspecified atom stereocenters. The molecule has 0 heterocycles. The molecule has 0 aromatic heterocycles. The van der Waals surface area contributed by atoms with Crippen molar-refractivity contribution >= 4 is 11.7 Å². The Morgan fingerprint density at radius 3 is 2.56 bits per heavy atom. The van der Waals surface area contributed by atoms with Crippen LogP contribution in [0, 0.1) is 0 Å². The minimum absolute atomic E-state index is 0.0994. The minimum Gasteiger partial charge on any atom is -0.409 e. The number of rotatable bonds is 6. The summed E-state index contributed by atoms with van der Waals surface area (Å²) in [5.41, 5.74) is 4.51. The quantitative estimate of drug-likeness (QED) is 0.267. The second-order valence-electron chi connectivity index (χ2n) is 4.09. The standard InChI is InChI=1S/C10H21N3O3/c1-5-7(6-8(11)13-15)12-9(14)10(2,3)16-4/h7,15H,5-6H2,1-4H3,(H2,11,13)(H,12,14). The number of carbonyl (C=O) groups excluding carboxylic acids is 1. The van der Waals surface area contributed by atoms with Gasteiger partial charge in [0.05, 0.1) is 0 Å². The summed E-state index contributed by atoms with van der Waals surface area (Å²) in [6.07, 6.45) is 1.01. The third-order valence-electron chi connectivity index (χ3n) is 2.47. The largest absolute Gasteiger partial charge is 0.409 e. The van der Waals surface area contributed by atoms with Gasteiger partial charge in [-0.2, -0.15) is 0 Å². The van der Waals surface area contributed by atoms with Crippen molar-refractivity contribution < 1.29 is 14.7 Å². The Morgan fingerprint density at radius 2 is 2.19 bits per heavy atom. The monoisotopic (exact) mass is 231 g/mol. The first-order valence-corrected chi connectivity index (χ1v) is 5.19. The molecule has 0 radical (unpaired) electrons. The molecule has 0 aliphatic rings. The molecule has 0 fully saturated rings. The van der Waals surface area contributed by atoms with Gasteiger partial charge in [-0.25, -0.2) is 0 Å². The van der Waals surface area contributed by atoms with Gasteiger partial charge in [0.1, 0.15) is 11.4 Å². The van der Waals surface area contributed by atoms with Crippen LogP contribution in [0.4, 0.5) is 0 Å². The van der Waals surface area contributed by atoms with Gasteiger partial charge >= 0.3 is 0 Å². The van der Waals surface area contributed by atoms with Gasteiger partial charge in [0, 0.05) is 19.6 Å². The van der Waals surface area contributed by atoms with E-state index in [4.69, 9.17) is 15.7 Å². The van der Waals surface area contributed by atoms with E-state index in [1.165, 1.54) is 7.11 Å². The van der Waals surface area contributed by atoms with Crippen molar-refractivity contribution in [3.63, 3.8) is 0 Å². The van der Waals surface area contributed by atoms with E-state index in [-0.39, 0.29) is 17.8 Å². The second-order valence-corrected chi connectivity index (χ2v) is 4.09. The van der Waals surface area contributed by atoms with Gasteiger partial charge in [0.25, 0.3) is 5.91 Å². The van der Waals surface area contributed by atoms with Gasteiger partial charge < -0.3 is 21.0 Å². The van der Waals surface area contributed by atoms with Gasteiger partial charge in [-0.1, -0.05) is 12.1 Å². The molecule has 0 aromatic carbocycles. The predicted molar refractivity (Wildman–Crippen MR) is 61.3 cm³/mol. The van der Waals surface area contributed by atoms with Crippen LogP contribution < -0.4 is 11.1 Å². The zero-order valence-corrected chi connectivity index (χ0v) is 10.3. The molecule has 0 aliphatic carbocycles. The Labute approximate surface area is 95.8 Å². The van der Waals surface area contributed by atoms with E-state index in [0.29, 0.717) is 12.8 Å². The fraction of sp³-hybridized carbons (Fsp3) is 0.800. The molecule has 16 heavy (non-hydrogen) atoms. The van der Waals surface area contributed by atoms with Gasteiger partial charge in [-0.15, -0.1) is 0 Å². The average molecular weight is 231 g/mol. The topological polar surface area (TPSA) is 96.9 Å². The number of amides is 1. The lowest BCUT2D eigenvalue weighted by Crippen LogP contribution is -2.48. The lowest BCUT2D eigenvalue weighted by molar-refractivity contribution is -0.140.